The Balaban J connectivity index is 1.22. The number of amides is 1. The molecule has 2 heterocycles. The fraction of sp³-hybridized carbons (Fsp3) is 0.239. The fourth-order valence-corrected chi connectivity index (χ4v) is 8.26. The number of fused-ring (bicyclic) bond motifs is 1. The van der Waals surface area contributed by atoms with Crippen molar-refractivity contribution in [2.24, 2.45) is 0 Å². The van der Waals surface area contributed by atoms with Gasteiger partial charge in [0.2, 0.25) is 5.91 Å². The molecule has 0 saturated carbocycles. The SMILES string of the molecule is C=CC(=O)N1CCN(c2nc(=O)n(-c3ccccc3CCC)c3cc(-c4c(F)cccc4OCCc4ccc(OCc5cccc(I)c5)cc4)c(Cl)cc23)[C@@H](C)C1. The number of anilines is 1. The summed E-state index contributed by atoms with van der Waals surface area (Å²) in [7, 11) is 0. The van der Waals surface area contributed by atoms with Gasteiger partial charge in [-0.15, -0.1) is 0 Å². The van der Waals surface area contributed by atoms with Crippen LogP contribution >= 0.6 is 34.2 Å². The van der Waals surface area contributed by atoms with Gasteiger partial charge in [0.1, 0.15) is 29.7 Å². The van der Waals surface area contributed by atoms with Crippen LogP contribution in [-0.4, -0.2) is 52.6 Å². The zero-order chi connectivity index (χ0) is 40.1. The zero-order valence-corrected chi connectivity index (χ0v) is 34.8. The largest absolute Gasteiger partial charge is 0.492 e. The lowest BCUT2D eigenvalue weighted by Crippen LogP contribution is -2.54. The number of hydrogen-bond donors (Lipinski definition) is 0. The molecule has 8 nitrogen and oxygen atoms in total. The van der Waals surface area contributed by atoms with Crippen molar-refractivity contribution in [3.8, 4) is 28.3 Å². The molecule has 0 spiro atoms. The molecule has 292 valence electrons. The summed E-state index contributed by atoms with van der Waals surface area (Å²) in [5, 5.41) is 0.913. The first-order valence-electron chi connectivity index (χ1n) is 19.1. The van der Waals surface area contributed by atoms with Gasteiger partial charge in [-0.3, -0.25) is 9.36 Å². The molecular formula is C46H43ClFIN4O4. The van der Waals surface area contributed by atoms with Gasteiger partial charge >= 0.3 is 5.69 Å². The van der Waals surface area contributed by atoms with Crippen LogP contribution in [0.2, 0.25) is 5.02 Å². The van der Waals surface area contributed by atoms with Gasteiger partial charge in [0.15, 0.2) is 0 Å². The van der Waals surface area contributed by atoms with E-state index in [4.69, 9.17) is 21.1 Å². The molecular weight excluding hydrogens is 854 g/mol. The van der Waals surface area contributed by atoms with E-state index < -0.39 is 11.5 Å². The lowest BCUT2D eigenvalue weighted by atomic mass is 10.0. The molecule has 0 unspecified atom stereocenters. The summed E-state index contributed by atoms with van der Waals surface area (Å²) in [6, 6.07) is 31.9. The highest BCUT2D eigenvalue weighted by molar-refractivity contribution is 14.1. The van der Waals surface area contributed by atoms with Gasteiger partial charge in [0.05, 0.1) is 23.4 Å². The van der Waals surface area contributed by atoms with E-state index in [-0.39, 0.29) is 29.1 Å². The molecule has 0 radical (unpaired) electrons. The van der Waals surface area contributed by atoms with Crippen LogP contribution in [-0.2, 0) is 24.2 Å². The van der Waals surface area contributed by atoms with E-state index in [1.54, 1.807) is 33.7 Å². The van der Waals surface area contributed by atoms with E-state index in [2.05, 4.69) is 47.1 Å². The molecule has 0 bridgehead atoms. The Hall–Kier alpha value is -5.20. The van der Waals surface area contributed by atoms with Gasteiger partial charge in [-0.2, -0.15) is 4.98 Å². The summed E-state index contributed by atoms with van der Waals surface area (Å²) in [5.41, 5.74) is 4.48. The Labute approximate surface area is 350 Å². The molecule has 7 rings (SSSR count). The summed E-state index contributed by atoms with van der Waals surface area (Å²) in [5.74, 6) is 0.914. The van der Waals surface area contributed by atoms with Crippen LogP contribution in [0.5, 0.6) is 11.5 Å². The smallest absolute Gasteiger partial charge is 0.354 e. The maximum atomic E-state index is 16.1. The number of aryl methyl sites for hydroxylation is 1. The Morgan fingerprint density at radius 2 is 1.75 bits per heavy atom. The molecule has 1 aliphatic rings. The average molecular weight is 897 g/mol. The molecule has 1 atom stereocenters. The van der Waals surface area contributed by atoms with Crippen LogP contribution in [0.15, 0.2) is 121 Å². The number of rotatable bonds is 13. The molecule has 1 aromatic heterocycles. The third-order valence-corrected chi connectivity index (χ3v) is 11.2. The summed E-state index contributed by atoms with van der Waals surface area (Å²) >= 11 is 9.41. The number of piperazine rings is 1. The van der Waals surface area contributed by atoms with Gasteiger partial charge in [-0.25, -0.2) is 9.18 Å². The monoisotopic (exact) mass is 896 g/mol. The molecule has 11 heteroatoms. The normalized spacial score (nSPS) is 14.2. The van der Waals surface area contributed by atoms with Crippen molar-refractivity contribution in [1.29, 1.82) is 0 Å². The van der Waals surface area contributed by atoms with Crippen molar-refractivity contribution in [1.82, 2.24) is 14.5 Å². The van der Waals surface area contributed by atoms with Crippen LogP contribution in [0.25, 0.3) is 27.7 Å². The third kappa shape index (κ3) is 8.87. The standard InChI is InChI=1S/C46H43ClFIN4O4/c1-4-10-33-12-6-7-15-40(33)53-41-27-36(38(47)26-37(41)45(50-46(53)55)52-23-22-51(28-30(52)3)43(54)5-2)44-39(48)14-9-16-42(44)56-24-21-31-17-19-35(20-18-31)57-29-32-11-8-13-34(49)25-32/h5-9,11-20,25-27,30H,2,4,10,21-24,28-29H2,1,3H3/t30-/m0/s1. The topological polar surface area (TPSA) is 76.9 Å². The number of hydrogen-bond acceptors (Lipinski definition) is 6. The number of benzene rings is 5. The molecule has 5 aromatic carbocycles. The van der Waals surface area contributed by atoms with E-state index in [0.29, 0.717) is 66.4 Å². The minimum Gasteiger partial charge on any atom is -0.492 e. The van der Waals surface area contributed by atoms with Gasteiger partial charge in [-0.05, 0) is 113 Å². The summed E-state index contributed by atoms with van der Waals surface area (Å²) in [4.78, 5) is 35.2. The Morgan fingerprint density at radius 3 is 2.51 bits per heavy atom. The Kier molecular flexibility index (Phi) is 12.6. The zero-order valence-electron chi connectivity index (χ0n) is 31.9. The lowest BCUT2D eigenvalue weighted by Gasteiger charge is -2.40. The minimum absolute atomic E-state index is 0.144. The van der Waals surface area contributed by atoms with E-state index in [1.165, 1.54) is 12.1 Å². The third-order valence-electron chi connectivity index (χ3n) is 10.2. The summed E-state index contributed by atoms with van der Waals surface area (Å²) in [6.45, 7) is 9.80. The van der Waals surface area contributed by atoms with Crippen molar-refractivity contribution < 1.29 is 18.7 Å². The van der Waals surface area contributed by atoms with Crippen molar-refractivity contribution in [2.45, 2.75) is 45.8 Å². The molecule has 1 saturated heterocycles. The van der Waals surface area contributed by atoms with E-state index >= 15 is 4.39 Å². The minimum atomic E-state index is -0.505. The number of halogens is 3. The Bertz CT molecular complexity index is 2490. The van der Waals surface area contributed by atoms with E-state index in [9.17, 15) is 9.59 Å². The highest BCUT2D eigenvalue weighted by Crippen LogP contribution is 2.41. The molecule has 0 aliphatic carbocycles. The fourth-order valence-electron chi connectivity index (χ4n) is 7.39. The molecule has 57 heavy (non-hydrogen) atoms. The first-order valence-corrected chi connectivity index (χ1v) is 20.5. The maximum absolute atomic E-state index is 16.1. The van der Waals surface area contributed by atoms with Crippen molar-refractivity contribution in [2.75, 3.05) is 31.1 Å². The molecule has 1 fully saturated rings. The second-order valence-electron chi connectivity index (χ2n) is 14.1. The van der Waals surface area contributed by atoms with Gasteiger partial charge in [-0.1, -0.05) is 80.1 Å². The van der Waals surface area contributed by atoms with Crippen LogP contribution in [0, 0.1) is 9.39 Å². The number of carbonyl (C=O) groups excluding carboxylic acids is 1. The first kappa shape index (κ1) is 40.0. The predicted molar refractivity (Wildman–Crippen MR) is 234 cm³/mol. The quantitative estimate of drug-likeness (QED) is 0.0850. The average Bonchev–Trinajstić information content (AvgIpc) is 3.21. The second-order valence-corrected chi connectivity index (χ2v) is 15.7. The molecule has 1 aliphatic heterocycles. The predicted octanol–water partition coefficient (Wildman–Crippen LogP) is 9.83. The van der Waals surface area contributed by atoms with Crippen LogP contribution in [0.1, 0.15) is 37.0 Å². The van der Waals surface area contributed by atoms with Crippen LogP contribution < -0.4 is 20.1 Å². The first-order chi connectivity index (χ1) is 27.6. The van der Waals surface area contributed by atoms with Crippen molar-refractivity contribution in [3.05, 3.63) is 157 Å². The highest BCUT2D eigenvalue weighted by Gasteiger charge is 2.30. The molecule has 1 amide bonds. The van der Waals surface area contributed by atoms with Crippen LogP contribution in [0.4, 0.5) is 10.2 Å². The van der Waals surface area contributed by atoms with Gasteiger partial charge in [0, 0.05) is 51.6 Å². The van der Waals surface area contributed by atoms with Crippen molar-refractivity contribution in [3.63, 3.8) is 0 Å². The van der Waals surface area contributed by atoms with Crippen molar-refractivity contribution >= 4 is 56.8 Å². The van der Waals surface area contributed by atoms with E-state index in [1.807, 2.05) is 78.6 Å². The van der Waals surface area contributed by atoms with Gasteiger partial charge < -0.3 is 19.3 Å². The number of para-hydroxylation sites is 1. The number of nitrogens with zero attached hydrogens (tertiary/aromatic N) is 4. The number of ether oxygens (including phenoxy) is 2. The maximum Gasteiger partial charge on any atom is 0.354 e. The highest BCUT2D eigenvalue weighted by atomic mass is 127. The van der Waals surface area contributed by atoms with E-state index in [0.717, 1.165) is 38.9 Å². The molecule has 0 N–H and O–H groups in total. The summed E-state index contributed by atoms with van der Waals surface area (Å²) < 4.78 is 31.1. The molecule has 6 aromatic rings. The summed E-state index contributed by atoms with van der Waals surface area (Å²) in [6.07, 6.45) is 3.51. The number of aromatic nitrogens is 2. The lowest BCUT2D eigenvalue weighted by molar-refractivity contribution is -0.126. The van der Waals surface area contributed by atoms with Crippen LogP contribution in [0.3, 0.4) is 0 Å². The van der Waals surface area contributed by atoms with Gasteiger partial charge in [0.25, 0.3) is 0 Å². The number of carbonyl (C=O) groups is 1. The Morgan fingerprint density at radius 1 is 0.965 bits per heavy atom. The second kappa shape index (κ2) is 17.9.